The normalized spacial score (nSPS) is 10.1. The van der Waals surface area contributed by atoms with Crippen molar-refractivity contribution in [2.75, 3.05) is 10.6 Å². The van der Waals surface area contributed by atoms with E-state index >= 15 is 0 Å². The Bertz CT molecular complexity index is 646. The van der Waals surface area contributed by atoms with Crippen molar-refractivity contribution in [1.29, 1.82) is 0 Å². The van der Waals surface area contributed by atoms with Gasteiger partial charge in [0, 0.05) is 24.7 Å². The number of benzene rings is 2. The summed E-state index contributed by atoms with van der Waals surface area (Å²) in [6.45, 7) is 3.32. The van der Waals surface area contributed by atoms with Crippen molar-refractivity contribution in [1.82, 2.24) is 0 Å². The summed E-state index contributed by atoms with van der Waals surface area (Å²) in [5, 5.41) is 5.58. The molecule has 0 heterocycles. The Kier molecular flexibility index (Phi) is 5.31. The number of hydrogen-bond donors (Lipinski definition) is 2. The van der Waals surface area contributed by atoms with E-state index in [1.54, 1.807) is 0 Å². The minimum Gasteiger partial charge on any atom is -0.326 e. The summed E-state index contributed by atoms with van der Waals surface area (Å²) >= 11 is 0. The van der Waals surface area contributed by atoms with Gasteiger partial charge in [-0.1, -0.05) is 31.2 Å². The van der Waals surface area contributed by atoms with Crippen LogP contribution >= 0.6 is 0 Å². The van der Waals surface area contributed by atoms with Gasteiger partial charge in [-0.25, -0.2) is 0 Å². The Morgan fingerprint density at radius 2 is 1.27 bits per heavy atom. The van der Waals surface area contributed by atoms with Crippen LogP contribution in [0.5, 0.6) is 0 Å². The quantitative estimate of drug-likeness (QED) is 0.886. The molecule has 0 saturated heterocycles. The molecule has 0 aliphatic carbocycles. The van der Waals surface area contributed by atoms with Crippen LogP contribution in [-0.4, -0.2) is 11.8 Å². The van der Waals surface area contributed by atoms with Crippen LogP contribution < -0.4 is 10.6 Å². The first-order valence-corrected chi connectivity index (χ1v) is 7.32. The van der Waals surface area contributed by atoms with Crippen LogP contribution in [0.1, 0.15) is 31.4 Å². The second kappa shape index (κ2) is 7.41. The van der Waals surface area contributed by atoms with Gasteiger partial charge in [0.2, 0.25) is 11.8 Å². The van der Waals surface area contributed by atoms with E-state index in [1.807, 2.05) is 55.5 Å². The van der Waals surface area contributed by atoms with Gasteiger partial charge in [-0.05, 0) is 41.8 Å². The highest BCUT2D eigenvalue weighted by Gasteiger charge is 2.01. The van der Waals surface area contributed by atoms with E-state index in [0.29, 0.717) is 6.42 Å². The molecule has 0 bridgehead atoms. The van der Waals surface area contributed by atoms with Gasteiger partial charge in [-0.2, -0.15) is 0 Å². The molecule has 4 nitrogen and oxygen atoms in total. The van der Waals surface area contributed by atoms with Gasteiger partial charge in [0.1, 0.15) is 0 Å². The number of nitrogens with one attached hydrogen (secondary N) is 2. The standard InChI is InChI=1S/C18H20N2O2/c1-3-18(22)20-17-10-6-15(7-11-17)12-14-4-8-16(9-5-14)19-13(2)21/h4-11H,3,12H2,1-2H3,(H,19,21)(H,20,22). The maximum atomic E-state index is 11.3. The summed E-state index contributed by atoms with van der Waals surface area (Å²) < 4.78 is 0. The Morgan fingerprint density at radius 1 is 0.818 bits per heavy atom. The Morgan fingerprint density at radius 3 is 1.68 bits per heavy atom. The van der Waals surface area contributed by atoms with Crippen molar-refractivity contribution in [3.05, 3.63) is 59.7 Å². The third-order valence-electron chi connectivity index (χ3n) is 3.24. The second-order valence-corrected chi connectivity index (χ2v) is 5.15. The van der Waals surface area contributed by atoms with Crippen LogP contribution in [0.15, 0.2) is 48.5 Å². The summed E-state index contributed by atoms with van der Waals surface area (Å²) in [4.78, 5) is 22.3. The summed E-state index contributed by atoms with van der Waals surface area (Å²) in [6, 6.07) is 15.6. The van der Waals surface area contributed by atoms with Crippen molar-refractivity contribution >= 4 is 23.2 Å². The van der Waals surface area contributed by atoms with Crippen molar-refractivity contribution in [3.63, 3.8) is 0 Å². The zero-order valence-electron chi connectivity index (χ0n) is 12.8. The van der Waals surface area contributed by atoms with Gasteiger partial charge in [0.25, 0.3) is 0 Å². The summed E-state index contributed by atoms with van der Waals surface area (Å²) in [5.74, 6) is -0.0567. The monoisotopic (exact) mass is 296 g/mol. The van der Waals surface area contributed by atoms with Crippen molar-refractivity contribution in [2.24, 2.45) is 0 Å². The summed E-state index contributed by atoms with van der Waals surface area (Å²) in [7, 11) is 0. The van der Waals surface area contributed by atoms with Gasteiger partial charge in [0.05, 0.1) is 0 Å². The molecule has 0 spiro atoms. The first kappa shape index (κ1) is 15.8. The molecule has 0 aliphatic rings. The number of carbonyl (C=O) groups excluding carboxylic acids is 2. The Labute approximate surface area is 130 Å². The molecule has 0 aromatic heterocycles. The number of carbonyl (C=O) groups is 2. The smallest absolute Gasteiger partial charge is 0.224 e. The second-order valence-electron chi connectivity index (χ2n) is 5.15. The minimum absolute atomic E-state index is 0.0151. The lowest BCUT2D eigenvalue weighted by atomic mass is 10.0. The fourth-order valence-electron chi connectivity index (χ4n) is 2.10. The van der Waals surface area contributed by atoms with Gasteiger partial charge < -0.3 is 10.6 Å². The van der Waals surface area contributed by atoms with Crippen LogP contribution in [0.3, 0.4) is 0 Å². The van der Waals surface area contributed by atoms with Gasteiger partial charge >= 0.3 is 0 Å². The third-order valence-corrected chi connectivity index (χ3v) is 3.24. The van der Waals surface area contributed by atoms with Crippen molar-refractivity contribution in [2.45, 2.75) is 26.7 Å². The molecule has 2 aromatic carbocycles. The molecule has 2 rings (SSSR count). The molecule has 0 unspecified atom stereocenters. The number of rotatable bonds is 5. The van der Waals surface area contributed by atoms with Crippen molar-refractivity contribution in [3.8, 4) is 0 Å². The van der Waals surface area contributed by atoms with E-state index in [4.69, 9.17) is 0 Å². The number of hydrogen-bond acceptors (Lipinski definition) is 2. The van der Waals surface area contributed by atoms with Crippen LogP contribution in [0.2, 0.25) is 0 Å². The first-order chi connectivity index (χ1) is 10.6. The van der Waals surface area contributed by atoms with E-state index in [0.717, 1.165) is 17.8 Å². The van der Waals surface area contributed by atoms with Gasteiger partial charge in [0.15, 0.2) is 0 Å². The SMILES string of the molecule is CCC(=O)Nc1ccc(Cc2ccc(NC(C)=O)cc2)cc1. The molecule has 0 atom stereocenters. The molecular formula is C18H20N2O2. The zero-order valence-corrected chi connectivity index (χ0v) is 12.8. The van der Waals surface area contributed by atoms with Crippen LogP contribution in [0.4, 0.5) is 11.4 Å². The Balaban J connectivity index is 1.98. The zero-order chi connectivity index (χ0) is 15.9. The number of amides is 2. The largest absolute Gasteiger partial charge is 0.326 e. The highest BCUT2D eigenvalue weighted by Crippen LogP contribution is 2.16. The average Bonchev–Trinajstić information content (AvgIpc) is 2.50. The lowest BCUT2D eigenvalue weighted by Gasteiger charge is -2.07. The van der Waals surface area contributed by atoms with E-state index in [2.05, 4.69) is 10.6 Å². The predicted octanol–water partition coefficient (Wildman–Crippen LogP) is 3.58. The van der Waals surface area contributed by atoms with Crippen LogP contribution in [0, 0.1) is 0 Å². The van der Waals surface area contributed by atoms with Crippen LogP contribution in [0.25, 0.3) is 0 Å². The fraction of sp³-hybridized carbons (Fsp3) is 0.222. The van der Waals surface area contributed by atoms with Crippen LogP contribution in [-0.2, 0) is 16.0 Å². The summed E-state index contributed by atoms with van der Waals surface area (Å²) in [6.07, 6.45) is 1.28. The maximum absolute atomic E-state index is 11.3. The topological polar surface area (TPSA) is 58.2 Å². The lowest BCUT2D eigenvalue weighted by Crippen LogP contribution is -2.09. The molecule has 2 aromatic rings. The highest BCUT2D eigenvalue weighted by atomic mass is 16.2. The Hall–Kier alpha value is -2.62. The van der Waals surface area contributed by atoms with Crippen molar-refractivity contribution < 1.29 is 9.59 Å². The molecule has 0 fully saturated rings. The highest BCUT2D eigenvalue weighted by molar-refractivity contribution is 5.90. The molecule has 0 aliphatic heterocycles. The van der Waals surface area contributed by atoms with E-state index in [9.17, 15) is 9.59 Å². The molecule has 22 heavy (non-hydrogen) atoms. The summed E-state index contributed by atoms with van der Waals surface area (Å²) in [5.41, 5.74) is 3.95. The average molecular weight is 296 g/mol. The molecule has 4 heteroatoms. The van der Waals surface area contributed by atoms with E-state index in [-0.39, 0.29) is 11.8 Å². The molecular weight excluding hydrogens is 276 g/mol. The molecule has 114 valence electrons. The fourth-order valence-corrected chi connectivity index (χ4v) is 2.10. The molecule has 2 amide bonds. The third kappa shape index (κ3) is 4.74. The van der Waals surface area contributed by atoms with Gasteiger partial charge in [-0.15, -0.1) is 0 Å². The molecule has 2 N–H and O–H groups in total. The van der Waals surface area contributed by atoms with Gasteiger partial charge in [-0.3, -0.25) is 9.59 Å². The van der Waals surface area contributed by atoms with E-state index < -0.39 is 0 Å². The predicted molar refractivity (Wildman–Crippen MR) is 88.9 cm³/mol. The maximum Gasteiger partial charge on any atom is 0.224 e. The minimum atomic E-state index is -0.0718. The lowest BCUT2D eigenvalue weighted by molar-refractivity contribution is -0.116. The molecule has 0 radical (unpaired) electrons. The number of anilines is 2. The van der Waals surface area contributed by atoms with E-state index in [1.165, 1.54) is 18.1 Å². The first-order valence-electron chi connectivity index (χ1n) is 7.32. The molecule has 0 saturated carbocycles.